The Kier molecular flexibility index (Phi) is 4.82. The summed E-state index contributed by atoms with van der Waals surface area (Å²) in [5.74, 6) is 1.38. The van der Waals surface area contributed by atoms with Crippen molar-refractivity contribution in [3.05, 3.63) is 29.5 Å². The number of benzene rings is 1. The van der Waals surface area contributed by atoms with E-state index in [1.807, 2.05) is 12.1 Å². The number of carboxylic acid groups (broad SMARTS) is 1. The first-order valence-electron chi connectivity index (χ1n) is 8.89. The highest BCUT2D eigenvalue weighted by atomic mass is 35.5. The molecule has 1 saturated heterocycles. The first-order chi connectivity index (χ1) is 12.6. The van der Waals surface area contributed by atoms with Crippen molar-refractivity contribution in [2.75, 3.05) is 6.54 Å². The van der Waals surface area contributed by atoms with Gasteiger partial charge in [0.1, 0.15) is 18.1 Å². The van der Waals surface area contributed by atoms with Gasteiger partial charge in [0, 0.05) is 0 Å². The van der Waals surface area contributed by atoms with Gasteiger partial charge in [0.2, 0.25) is 0 Å². The monoisotopic (exact) mass is 376 g/mol. The quantitative estimate of drug-likeness (QED) is 0.758. The molecule has 4 rings (SSSR count). The number of carbonyl (C=O) groups is 1. The molecular weight excluding hydrogens is 356 g/mol. The van der Waals surface area contributed by atoms with Crippen molar-refractivity contribution in [1.29, 1.82) is 0 Å². The lowest BCUT2D eigenvalue weighted by atomic mass is 9.72. The van der Waals surface area contributed by atoms with Crippen LogP contribution in [-0.2, 0) is 4.79 Å². The second-order valence-electron chi connectivity index (χ2n) is 7.05. The predicted molar refractivity (Wildman–Crippen MR) is 96.1 cm³/mol. The summed E-state index contributed by atoms with van der Waals surface area (Å²) in [4.78, 5) is 15.5. The highest BCUT2D eigenvalue weighted by molar-refractivity contribution is 6.33. The maximum atomic E-state index is 11.3. The van der Waals surface area contributed by atoms with Gasteiger partial charge in [0.15, 0.2) is 5.82 Å². The summed E-state index contributed by atoms with van der Waals surface area (Å²) in [7, 11) is 0. The zero-order chi connectivity index (χ0) is 18.1. The van der Waals surface area contributed by atoms with E-state index in [0.717, 1.165) is 25.8 Å². The van der Waals surface area contributed by atoms with E-state index in [-0.39, 0.29) is 6.10 Å². The van der Waals surface area contributed by atoms with Crippen molar-refractivity contribution in [1.82, 2.24) is 20.5 Å². The lowest BCUT2D eigenvalue weighted by molar-refractivity contribution is -0.141. The minimum absolute atomic E-state index is 0.0453. The second kappa shape index (κ2) is 7.25. The van der Waals surface area contributed by atoms with E-state index < -0.39 is 12.0 Å². The van der Waals surface area contributed by atoms with Crippen molar-refractivity contribution in [2.24, 2.45) is 11.8 Å². The number of ether oxygens (including phenoxy) is 1. The number of aliphatic carboxylic acids is 1. The number of hydrogen-bond acceptors (Lipinski definition) is 5. The molecule has 1 aliphatic heterocycles. The predicted octanol–water partition coefficient (Wildman–Crippen LogP) is 2.74. The van der Waals surface area contributed by atoms with Crippen LogP contribution in [0.4, 0.5) is 0 Å². The molecule has 2 aliphatic rings. The average molecular weight is 377 g/mol. The van der Waals surface area contributed by atoms with E-state index in [1.165, 1.54) is 6.33 Å². The number of nitrogens with one attached hydrogen (secondary N) is 2. The molecule has 8 heteroatoms. The molecule has 26 heavy (non-hydrogen) atoms. The Morgan fingerprint density at radius 3 is 2.92 bits per heavy atom. The van der Waals surface area contributed by atoms with Gasteiger partial charge in [-0.2, -0.15) is 5.10 Å². The van der Waals surface area contributed by atoms with Crippen LogP contribution in [0.2, 0.25) is 5.02 Å². The van der Waals surface area contributed by atoms with Gasteiger partial charge >= 0.3 is 5.97 Å². The molecule has 1 aromatic carbocycles. The van der Waals surface area contributed by atoms with Gasteiger partial charge < -0.3 is 15.2 Å². The van der Waals surface area contributed by atoms with Gasteiger partial charge in [-0.25, -0.2) is 4.98 Å². The summed E-state index contributed by atoms with van der Waals surface area (Å²) in [5.41, 5.74) is 0.711. The first-order valence-corrected chi connectivity index (χ1v) is 9.26. The van der Waals surface area contributed by atoms with Gasteiger partial charge in [-0.15, -0.1) is 0 Å². The van der Waals surface area contributed by atoms with Crippen LogP contribution in [0.1, 0.15) is 25.7 Å². The Labute approximate surface area is 156 Å². The fourth-order valence-corrected chi connectivity index (χ4v) is 4.41. The molecule has 2 heterocycles. The van der Waals surface area contributed by atoms with Gasteiger partial charge in [-0.3, -0.25) is 9.89 Å². The Balaban J connectivity index is 1.50. The Morgan fingerprint density at radius 1 is 1.27 bits per heavy atom. The van der Waals surface area contributed by atoms with E-state index >= 15 is 0 Å². The molecule has 4 atom stereocenters. The maximum Gasteiger partial charge on any atom is 0.320 e. The molecule has 0 unspecified atom stereocenters. The van der Waals surface area contributed by atoms with Gasteiger partial charge in [0.05, 0.1) is 16.7 Å². The zero-order valence-electron chi connectivity index (χ0n) is 14.2. The van der Waals surface area contributed by atoms with E-state index in [2.05, 4.69) is 20.5 Å². The third-order valence-electron chi connectivity index (χ3n) is 5.48. The van der Waals surface area contributed by atoms with Gasteiger partial charge in [-0.05, 0) is 56.2 Å². The van der Waals surface area contributed by atoms with Crippen LogP contribution in [-0.4, -0.2) is 44.9 Å². The lowest BCUT2D eigenvalue weighted by Crippen LogP contribution is -2.50. The Bertz CT molecular complexity index is 783. The number of carboxylic acids is 1. The minimum atomic E-state index is -0.770. The third kappa shape index (κ3) is 3.41. The average Bonchev–Trinajstić information content (AvgIpc) is 3.15. The summed E-state index contributed by atoms with van der Waals surface area (Å²) in [6, 6.07) is 5.09. The van der Waals surface area contributed by atoms with E-state index in [9.17, 15) is 9.90 Å². The van der Waals surface area contributed by atoms with Gasteiger partial charge in [-0.1, -0.05) is 17.7 Å². The zero-order valence-corrected chi connectivity index (χ0v) is 14.9. The normalized spacial score (nSPS) is 28.3. The molecule has 1 saturated carbocycles. The van der Waals surface area contributed by atoms with E-state index in [4.69, 9.17) is 16.3 Å². The molecular formula is C18H21ClN4O3. The van der Waals surface area contributed by atoms with Crippen LogP contribution in [0.15, 0.2) is 24.5 Å². The molecule has 0 amide bonds. The highest BCUT2D eigenvalue weighted by Crippen LogP contribution is 2.40. The number of halogens is 1. The van der Waals surface area contributed by atoms with Crippen LogP contribution < -0.4 is 10.1 Å². The Hall–Kier alpha value is -2.12. The molecule has 3 N–H and O–H groups in total. The smallest absolute Gasteiger partial charge is 0.320 e. The Morgan fingerprint density at radius 2 is 2.15 bits per heavy atom. The van der Waals surface area contributed by atoms with Crippen LogP contribution >= 0.6 is 11.6 Å². The summed E-state index contributed by atoms with van der Waals surface area (Å²) >= 11 is 6.36. The molecule has 2 aromatic rings. The van der Waals surface area contributed by atoms with Crippen molar-refractivity contribution in [3.63, 3.8) is 0 Å². The summed E-state index contributed by atoms with van der Waals surface area (Å²) in [6.45, 7) is 0.773. The molecule has 138 valence electrons. The highest BCUT2D eigenvalue weighted by Gasteiger charge is 2.38. The molecule has 0 spiro atoms. The molecule has 2 fully saturated rings. The summed E-state index contributed by atoms with van der Waals surface area (Å²) in [6.07, 6.45) is 4.98. The first kappa shape index (κ1) is 17.3. The van der Waals surface area contributed by atoms with Crippen LogP contribution in [0.25, 0.3) is 11.4 Å². The topological polar surface area (TPSA) is 100 Å². The maximum absolute atomic E-state index is 11.3. The van der Waals surface area contributed by atoms with E-state index in [0.29, 0.717) is 40.4 Å². The van der Waals surface area contributed by atoms with Crippen molar-refractivity contribution in [3.8, 4) is 17.1 Å². The van der Waals surface area contributed by atoms with Crippen LogP contribution in [0, 0.1) is 11.8 Å². The van der Waals surface area contributed by atoms with Crippen LogP contribution in [0.5, 0.6) is 5.75 Å². The third-order valence-corrected chi connectivity index (χ3v) is 5.79. The number of H-pyrrole nitrogens is 1. The summed E-state index contributed by atoms with van der Waals surface area (Å²) in [5, 5.41) is 19.7. The van der Waals surface area contributed by atoms with E-state index in [1.54, 1.807) is 6.07 Å². The number of piperidine rings is 1. The van der Waals surface area contributed by atoms with Crippen LogP contribution in [0.3, 0.4) is 0 Å². The standard InChI is InChI=1S/C18H21ClN4O3/c19-13-2-1-3-15(16(13)17-21-9-22-23-17)26-12-5-4-10-8-20-14(18(24)25)7-11(10)6-12/h1-3,9-12,14,20H,4-8H2,(H,24,25)(H,21,22,23)/t10-,11+,12-,14-/m0/s1. The lowest BCUT2D eigenvalue weighted by Gasteiger charge is -2.41. The largest absolute Gasteiger partial charge is 0.490 e. The molecule has 0 bridgehead atoms. The molecule has 1 aromatic heterocycles. The summed E-state index contributed by atoms with van der Waals surface area (Å²) < 4.78 is 6.30. The number of nitrogens with zero attached hydrogens (tertiary/aromatic N) is 2. The molecule has 7 nitrogen and oxygen atoms in total. The number of aromatic nitrogens is 3. The second-order valence-corrected chi connectivity index (χ2v) is 7.46. The fraction of sp³-hybridized carbons (Fsp3) is 0.500. The molecule has 1 aliphatic carbocycles. The van der Waals surface area contributed by atoms with Crippen molar-refractivity contribution < 1.29 is 14.6 Å². The van der Waals surface area contributed by atoms with Crippen molar-refractivity contribution in [2.45, 2.75) is 37.8 Å². The fourth-order valence-electron chi connectivity index (χ4n) is 4.15. The number of rotatable bonds is 4. The van der Waals surface area contributed by atoms with Gasteiger partial charge in [0.25, 0.3) is 0 Å². The number of fused-ring (bicyclic) bond motifs is 1. The number of hydrogen-bond donors (Lipinski definition) is 3. The number of aromatic amines is 1. The van der Waals surface area contributed by atoms with Crippen molar-refractivity contribution >= 4 is 17.6 Å². The molecule has 0 radical (unpaired) electrons. The minimum Gasteiger partial charge on any atom is -0.490 e. The SMILES string of the molecule is O=C(O)[C@@H]1C[C@H]2C[C@@H](Oc3cccc(Cl)c3-c3ncn[nH]3)CC[C@H]2CN1.